The van der Waals surface area contributed by atoms with Gasteiger partial charge in [-0.1, -0.05) is 42.5 Å². The summed E-state index contributed by atoms with van der Waals surface area (Å²) in [5.74, 6) is -0.403. The van der Waals surface area contributed by atoms with Crippen molar-refractivity contribution in [2.24, 2.45) is 0 Å². The molecule has 0 aliphatic heterocycles. The number of amides is 1. The molecule has 1 amide bonds. The fourth-order valence-electron chi connectivity index (χ4n) is 3.70. The molecule has 0 fully saturated rings. The van der Waals surface area contributed by atoms with Gasteiger partial charge in [0.05, 0.1) is 26.4 Å². The van der Waals surface area contributed by atoms with Gasteiger partial charge >= 0.3 is 0 Å². The number of para-hydroxylation sites is 2. The monoisotopic (exact) mass is 519 g/mol. The zero-order chi connectivity index (χ0) is 24.6. The number of aromatic nitrogens is 1. The molecule has 2 aromatic heterocycles. The summed E-state index contributed by atoms with van der Waals surface area (Å²) < 4.78 is 29.3. The molecule has 0 saturated carbocycles. The summed E-state index contributed by atoms with van der Waals surface area (Å²) in [4.78, 5) is 19.4. The first-order chi connectivity index (χ1) is 16.8. The van der Waals surface area contributed by atoms with Gasteiger partial charge in [-0.3, -0.25) is 9.52 Å². The maximum atomic E-state index is 13.4. The van der Waals surface area contributed by atoms with Crippen molar-refractivity contribution in [3.63, 3.8) is 0 Å². The van der Waals surface area contributed by atoms with Gasteiger partial charge in [0.1, 0.15) is 10.0 Å². The molecule has 0 atom stereocenters. The molecular formula is C26H21N3O3S3. The number of fused-ring (bicyclic) bond motifs is 1. The van der Waals surface area contributed by atoms with Gasteiger partial charge in [-0.05, 0) is 55.8 Å². The number of anilines is 2. The fourth-order valence-corrected chi connectivity index (χ4v) is 6.99. The zero-order valence-electron chi connectivity index (χ0n) is 18.9. The van der Waals surface area contributed by atoms with Gasteiger partial charge in [-0.2, -0.15) is 0 Å². The molecule has 6 nitrogen and oxygen atoms in total. The van der Waals surface area contributed by atoms with E-state index in [2.05, 4.69) is 10.0 Å². The molecule has 9 heteroatoms. The van der Waals surface area contributed by atoms with Crippen LogP contribution in [0.1, 0.15) is 20.8 Å². The summed E-state index contributed by atoms with van der Waals surface area (Å²) in [6, 6.07) is 22.6. The van der Waals surface area contributed by atoms with E-state index in [1.165, 1.54) is 23.5 Å². The van der Waals surface area contributed by atoms with Crippen LogP contribution in [-0.2, 0) is 10.0 Å². The Morgan fingerprint density at radius 3 is 2.31 bits per heavy atom. The summed E-state index contributed by atoms with van der Waals surface area (Å²) in [7, 11) is -3.85. The van der Waals surface area contributed by atoms with Gasteiger partial charge in [0.2, 0.25) is 0 Å². The van der Waals surface area contributed by atoms with Crippen LogP contribution in [0, 0.1) is 13.8 Å². The molecule has 5 aromatic rings. The highest BCUT2D eigenvalue weighted by Gasteiger charge is 2.23. The third-order valence-corrected chi connectivity index (χ3v) is 9.15. The van der Waals surface area contributed by atoms with Crippen LogP contribution in [0.25, 0.3) is 20.8 Å². The number of nitrogens with zero attached hydrogens (tertiary/aromatic N) is 1. The highest BCUT2D eigenvalue weighted by molar-refractivity contribution is 7.92. The van der Waals surface area contributed by atoms with E-state index in [9.17, 15) is 13.2 Å². The minimum absolute atomic E-state index is 0.123. The van der Waals surface area contributed by atoms with E-state index in [0.717, 1.165) is 31.2 Å². The minimum atomic E-state index is -3.85. The van der Waals surface area contributed by atoms with Gasteiger partial charge in [-0.15, -0.1) is 22.7 Å². The highest BCUT2D eigenvalue weighted by atomic mass is 32.2. The summed E-state index contributed by atoms with van der Waals surface area (Å²) in [6.07, 6.45) is 0. The topological polar surface area (TPSA) is 88.2 Å². The second kappa shape index (κ2) is 9.26. The number of sulfonamides is 1. The quantitative estimate of drug-likeness (QED) is 0.261. The Hall–Kier alpha value is -3.53. The van der Waals surface area contributed by atoms with Crippen LogP contribution in [0.3, 0.4) is 0 Å². The Labute approximate surface area is 211 Å². The largest absolute Gasteiger partial charge is 0.313 e. The Bertz CT molecular complexity index is 1620. The number of rotatable bonds is 6. The number of nitrogens with one attached hydrogen (secondary N) is 2. The van der Waals surface area contributed by atoms with E-state index in [0.29, 0.717) is 5.00 Å². The number of hydrogen-bond donors (Lipinski definition) is 2. The normalized spacial score (nSPS) is 11.5. The Morgan fingerprint density at radius 1 is 0.857 bits per heavy atom. The molecule has 0 aliphatic carbocycles. The molecule has 0 unspecified atom stereocenters. The van der Waals surface area contributed by atoms with Crippen LogP contribution in [0.5, 0.6) is 0 Å². The highest BCUT2D eigenvalue weighted by Crippen LogP contribution is 2.43. The lowest BCUT2D eigenvalue weighted by Gasteiger charge is -2.13. The third-order valence-electron chi connectivity index (χ3n) is 5.59. The fraction of sp³-hybridized carbons (Fsp3) is 0.0769. The molecule has 176 valence electrons. The maximum Gasteiger partial charge on any atom is 0.261 e. The molecule has 0 aliphatic rings. The maximum absolute atomic E-state index is 13.4. The SMILES string of the molecule is Cc1sc(NC(=O)c2ccccc2NS(=O)(=O)c2ccccc2)c(-c2nc3ccccc3s2)c1C. The van der Waals surface area contributed by atoms with Crippen molar-refractivity contribution in [2.75, 3.05) is 10.0 Å². The van der Waals surface area contributed by atoms with Gasteiger partial charge in [0, 0.05) is 10.4 Å². The smallest absolute Gasteiger partial charge is 0.261 e. The van der Waals surface area contributed by atoms with Crippen molar-refractivity contribution >= 4 is 59.5 Å². The van der Waals surface area contributed by atoms with E-state index < -0.39 is 15.9 Å². The predicted octanol–water partition coefficient (Wildman–Crippen LogP) is 6.69. The van der Waals surface area contributed by atoms with Crippen molar-refractivity contribution in [2.45, 2.75) is 18.7 Å². The van der Waals surface area contributed by atoms with E-state index in [1.807, 2.05) is 38.1 Å². The molecule has 0 spiro atoms. The molecule has 35 heavy (non-hydrogen) atoms. The first-order valence-electron chi connectivity index (χ1n) is 10.8. The molecular weight excluding hydrogens is 499 g/mol. The summed E-state index contributed by atoms with van der Waals surface area (Å²) >= 11 is 3.06. The van der Waals surface area contributed by atoms with E-state index >= 15 is 0 Å². The van der Waals surface area contributed by atoms with E-state index in [4.69, 9.17) is 4.98 Å². The van der Waals surface area contributed by atoms with Gasteiger partial charge in [0.25, 0.3) is 15.9 Å². The molecule has 0 bridgehead atoms. The molecule has 2 heterocycles. The van der Waals surface area contributed by atoms with Crippen molar-refractivity contribution in [3.8, 4) is 10.6 Å². The lowest BCUT2D eigenvalue weighted by Crippen LogP contribution is -2.18. The van der Waals surface area contributed by atoms with Crippen LogP contribution in [0.4, 0.5) is 10.7 Å². The average molecular weight is 520 g/mol. The van der Waals surface area contributed by atoms with Crippen molar-refractivity contribution in [1.29, 1.82) is 0 Å². The number of thiophene rings is 1. The number of thiazole rings is 1. The molecule has 0 radical (unpaired) electrons. The van der Waals surface area contributed by atoms with Gasteiger partial charge in [0.15, 0.2) is 0 Å². The Kier molecular flexibility index (Phi) is 6.14. The standard InChI is InChI=1S/C26H21N3O3S3/c1-16-17(2)33-26(23(16)25-27-21-14-8-9-15-22(21)34-25)28-24(30)19-12-6-7-13-20(19)29-35(31,32)18-10-4-3-5-11-18/h3-15,29H,1-2H3,(H,28,30). The lowest BCUT2D eigenvalue weighted by atomic mass is 10.1. The molecule has 3 aromatic carbocycles. The van der Waals surface area contributed by atoms with Crippen LogP contribution < -0.4 is 10.0 Å². The Balaban J connectivity index is 1.48. The predicted molar refractivity (Wildman–Crippen MR) is 144 cm³/mol. The first-order valence-corrected chi connectivity index (χ1v) is 13.9. The van der Waals surface area contributed by atoms with E-state index in [-0.39, 0.29) is 16.1 Å². The lowest BCUT2D eigenvalue weighted by molar-refractivity contribution is 0.102. The zero-order valence-corrected chi connectivity index (χ0v) is 21.4. The first kappa shape index (κ1) is 23.2. The molecule has 5 rings (SSSR count). The number of carbonyl (C=O) groups excluding carboxylic acids is 1. The van der Waals surface area contributed by atoms with Gasteiger partial charge < -0.3 is 5.32 Å². The van der Waals surface area contributed by atoms with Crippen molar-refractivity contribution in [1.82, 2.24) is 4.98 Å². The Morgan fingerprint density at radius 2 is 1.54 bits per heavy atom. The van der Waals surface area contributed by atoms with Gasteiger partial charge in [-0.25, -0.2) is 13.4 Å². The summed E-state index contributed by atoms with van der Waals surface area (Å²) in [5, 5.41) is 4.53. The van der Waals surface area contributed by atoms with Crippen LogP contribution >= 0.6 is 22.7 Å². The second-order valence-corrected chi connectivity index (χ2v) is 11.8. The van der Waals surface area contributed by atoms with Crippen molar-refractivity contribution in [3.05, 3.63) is 94.9 Å². The second-order valence-electron chi connectivity index (χ2n) is 7.89. The van der Waals surface area contributed by atoms with Crippen LogP contribution in [0.2, 0.25) is 0 Å². The van der Waals surface area contributed by atoms with Crippen LogP contribution in [-0.4, -0.2) is 19.3 Å². The molecule has 0 saturated heterocycles. The third kappa shape index (κ3) is 4.58. The summed E-state index contributed by atoms with van der Waals surface area (Å²) in [5.41, 5.74) is 3.30. The van der Waals surface area contributed by atoms with Crippen molar-refractivity contribution < 1.29 is 13.2 Å². The average Bonchev–Trinajstić information content (AvgIpc) is 3.39. The van der Waals surface area contributed by atoms with E-state index in [1.54, 1.807) is 53.8 Å². The number of aryl methyl sites for hydroxylation is 1. The number of benzene rings is 3. The molecule has 2 N–H and O–H groups in total. The summed E-state index contributed by atoms with van der Waals surface area (Å²) in [6.45, 7) is 4.03. The number of hydrogen-bond acceptors (Lipinski definition) is 6. The van der Waals surface area contributed by atoms with Crippen LogP contribution in [0.15, 0.2) is 83.8 Å². The minimum Gasteiger partial charge on any atom is -0.313 e. The number of carbonyl (C=O) groups is 1.